The van der Waals surface area contributed by atoms with Crippen molar-refractivity contribution in [3.8, 4) is 5.75 Å². The molecule has 7 heteroatoms. The summed E-state index contributed by atoms with van der Waals surface area (Å²) in [6.45, 7) is 4.71. The van der Waals surface area contributed by atoms with E-state index < -0.39 is 4.92 Å². The molecule has 7 nitrogen and oxygen atoms in total. The highest BCUT2D eigenvalue weighted by Gasteiger charge is 2.13. The third-order valence-corrected chi connectivity index (χ3v) is 4.75. The van der Waals surface area contributed by atoms with Crippen molar-refractivity contribution >= 4 is 17.1 Å². The van der Waals surface area contributed by atoms with Crippen LogP contribution in [-0.4, -0.2) is 33.7 Å². The van der Waals surface area contributed by atoms with Crippen LogP contribution in [0.5, 0.6) is 5.75 Å². The summed E-state index contributed by atoms with van der Waals surface area (Å²) < 4.78 is 0. The molecule has 0 aromatic heterocycles. The Bertz CT molecular complexity index is 845. The van der Waals surface area contributed by atoms with E-state index in [9.17, 15) is 15.2 Å². The maximum absolute atomic E-state index is 10.9. The number of piperidine rings is 1. The number of non-ortho nitro benzene ring substituents is 1. The Labute approximate surface area is 158 Å². The number of phenolic OH excluding ortho intramolecular Hbond substituents is 1. The number of hydrogen-bond donors (Lipinski definition) is 2. The number of nitrogens with zero attached hydrogens (tertiary/aromatic N) is 3. The molecule has 1 fully saturated rings. The van der Waals surface area contributed by atoms with Gasteiger partial charge < -0.3 is 5.11 Å². The lowest BCUT2D eigenvalue weighted by Gasteiger charge is -2.26. The zero-order valence-corrected chi connectivity index (χ0v) is 15.4. The molecule has 0 bridgehead atoms. The fourth-order valence-electron chi connectivity index (χ4n) is 3.20. The molecule has 0 radical (unpaired) electrons. The molecule has 142 valence electrons. The molecule has 0 unspecified atom stereocenters. The van der Waals surface area contributed by atoms with Crippen molar-refractivity contribution in [2.24, 2.45) is 5.10 Å². The molecule has 2 N–H and O–H groups in total. The maximum atomic E-state index is 10.9. The second kappa shape index (κ2) is 8.64. The van der Waals surface area contributed by atoms with E-state index in [2.05, 4.69) is 15.4 Å². The Morgan fingerprint density at radius 2 is 2.00 bits per heavy atom. The van der Waals surface area contributed by atoms with Gasteiger partial charge in [0.1, 0.15) is 5.75 Å². The Balaban J connectivity index is 1.72. The molecule has 2 aromatic rings. The van der Waals surface area contributed by atoms with Crippen molar-refractivity contribution in [2.45, 2.75) is 32.7 Å². The first-order valence-electron chi connectivity index (χ1n) is 9.12. The average Bonchev–Trinajstić information content (AvgIpc) is 2.69. The number of phenols is 1. The fraction of sp³-hybridized carbons (Fsp3) is 0.350. The number of hydrazone groups is 1. The lowest BCUT2D eigenvalue weighted by Crippen LogP contribution is -2.29. The fourth-order valence-corrected chi connectivity index (χ4v) is 3.20. The van der Waals surface area contributed by atoms with E-state index in [1.165, 1.54) is 31.4 Å². The van der Waals surface area contributed by atoms with Crippen molar-refractivity contribution in [3.05, 3.63) is 63.7 Å². The van der Waals surface area contributed by atoms with E-state index in [1.807, 2.05) is 19.1 Å². The summed E-state index contributed by atoms with van der Waals surface area (Å²) in [6.07, 6.45) is 3.68. The van der Waals surface area contributed by atoms with E-state index in [4.69, 9.17) is 0 Å². The number of nitro benzene ring substituents is 1. The molecule has 0 spiro atoms. The Morgan fingerprint density at radius 1 is 1.22 bits per heavy atom. The predicted octanol–water partition coefficient (Wildman–Crippen LogP) is 4.12. The molecule has 1 aliphatic heterocycles. The first-order valence-corrected chi connectivity index (χ1v) is 9.12. The molecule has 1 heterocycles. The normalized spacial score (nSPS) is 15.5. The standard InChI is InChI=1S/C20H24N4O3/c1-15(21-22-18-6-5-7-19(13-18)24(26)27)16-8-9-20(25)17(12-16)14-23-10-3-2-4-11-23/h5-9,12-13,22,25H,2-4,10-11,14H2,1H3/b21-15+. The predicted molar refractivity (Wildman–Crippen MR) is 106 cm³/mol. The molecule has 1 saturated heterocycles. The quantitative estimate of drug-likeness (QED) is 0.455. The molecule has 0 aliphatic carbocycles. The minimum atomic E-state index is -0.436. The van der Waals surface area contributed by atoms with Gasteiger partial charge in [0.2, 0.25) is 0 Å². The number of likely N-dealkylation sites (tertiary alicyclic amines) is 1. The largest absolute Gasteiger partial charge is 0.508 e. The van der Waals surface area contributed by atoms with Crippen LogP contribution in [0.4, 0.5) is 11.4 Å². The number of benzene rings is 2. The van der Waals surface area contributed by atoms with Gasteiger partial charge in [-0.3, -0.25) is 20.4 Å². The van der Waals surface area contributed by atoms with Crippen molar-refractivity contribution in [3.63, 3.8) is 0 Å². The highest BCUT2D eigenvalue weighted by Crippen LogP contribution is 2.23. The Hall–Kier alpha value is -2.93. The van der Waals surface area contributed by atoms with Gasteiger partial charge in [-0.25, -0.2) is 0 Å². The number of rotatable bonds is 6. The first-order chi connectivity index (χ1) is 13.0. The van der Waals surface area contributed by atoms with Crippen LogP contribution in [0.25, 0.3) is 0 Å². The average molecular weight is 368 g/mol. The summed E-state index contributed by atoms with van der Waals surface area (Å²) in [5.41, 5.74) is 5.96. The molecule has 27 heavy (non-hydrogen) atoms. The molecule has 0 amide bonds. The van der Waals surface area contributed by atoms with Crippen LogP contribution in [0.3, 0.4) is 0 Å². The van der Waals surface area contributed by atoms with Gasteiger partial charge >= 0.3 is 0 Å². The van der Waals surface area contributed by atoms with Gasteiger partial charge in [0.05, 0.1) is 16.3 Å². The topological polar surface area (TPSA) is 91.0 Å². The van der Waals surface area contributed by atoms with E-state index in [1.54, 1.807) is 18.2 Å². The molecule has 0 atom stereocenters. The van der Waals surface area contributed by atoms with Crippen LogP contribution < -0.4 is 5.43 Å². The number of aromatic hydroxyl groups is 1. The smallest absolute Gasteiger partial charge is 0.271 e. The SMILES string of the molecule is C/C(=N\Nc1cccc([N+](=O)[O-])c1)c1ccc(O)c(CN2CCCCC2)c1. The highest BCUT2D eigenvalue weighted by atomic mass is 16.6. The van der Waals surface area contributed by atoms with Crippen molar-refractivity contribution in [1.29, 1.82) is 0 Å². The van der Waals surface area contributed by atoms with Crippen LogP contribution in [-0.2, 0) is 6.54 Å². The molecular weight excluding hydrogens is 344 g/mol. The van der Waals surface area contributed by atoms with Crippen molar-refractivity contribution < 1.29 is 10.0 Å². The number of nitro groups is 1. The van der Waals surface area contributed by atoms with Crippen molar-refractivity contribution in [1.82, 2.24) is 4.90 Å². The third kappa shape index (κ3) is 5.04. The van der Waals surface area contributed by atoms with Gasteiger partial charge in [-0.05, 0) is 62.7 Å². The maximum Gasteiger partial charge on any atom is 0.271 e. The number of nitrogens with one attached hydrogen (secondary N) is 1. The lowest BCUT2D eigenvalue weighted by atomic mass is 10.0. The van der Waals surface area contributed by atoms with Gasteiger partial charge in [-0.15, -0.1) is 0 Å². The summed E-state index contributed by atoms with van der Waals surface area (Å²) in [6, 6.07) is 11.7. The Morgan fingerprint density at radius 3 is 2.74 bits per heavy atom. The highest BCUT2D eigenvalue weighted by molar-refractivity contribution is 5.99. The van der Waals surface area contributed by atoms with Crippen LogP contribution in [0.1, 0.15) is 37.3 Å². The van der Waals surface area contributed by atoms with E-state index >= 15 is 0 Å². The summed E-state index contributed by atoms with van der Waals surface area (Å²) in [5.74, 6) is 0.295. The zero-order chi connectivity index (χ0) is 19.2. The van der Waals surface area contributed by atoms with Crippen LogP contribution in [0.15, 0.2) is 47.6 Å². The summed E-state index contributed by atoms with van der Waals surface area (Å²) in [4.78, 5) is 12.8. The van der Waals surface area contributed by atoms with E-state index in [0.717, 1.165) is 36.5 Å². The molecule has 2 aromatic carbocycles. The minimum absolute atomic E-state index is 0.0151. The zero-order valence-electron chi connectivity index (χ0n) is 15.4. The van der Waals surface area contributed by atoms with Gasteiger partial charge in [0.25, 0.3) is 5.69 Å². The minimum Gasteiger partial charge on any atom is -0.508 e. The summed E-state index contributed by atoms with van der Waals surface area (Å²) in [5, 5.41) is 25.4. The first kappa shape index (κ1) is 18.8. The monoisotopic (exact) mass is 368 g/mol. The second-order valence-electron chi connectivity index (χ2n) is 6.80. The van der Waals surface area contributed by atoms with Gasteiger partial charge in [-0.2, -0.15) is 5.10 Å². The molecule has 3 rings (SSSR count). The van der Waals surface area contributed by atoms with Gasteiger partial charge in [-0.1, -0.05) is 12.5 Å². The van der Waals surface area contributed by atoms with E-state index in [-0.39, 0.29) is 5.69 Å². The molecule has 0 saturated carbocycles. The van der Waals surface area contributed by atoms with Crippen LogP contribution in [0, 0.1) is 10.1 Å². The lowest BCUT2D eigenvalue weighted by molar-refractivity contribution is -0.384. The second-order valence-corrected chi connectivity index (χ2v) is 6.80. The molecule has 1 aliphatic rings. The summed E-state index contributed by atoms with van der Waals surface area (Å²) >= 11 is 0. The summed E-state index contributed by atoms with van der Waals surface area (Å²) in [7, 11) is 0. The van der Waals surface area contributed by atoms with Gasteiger partial charge in [0.15, 0.2) is 0 Å². The molecular formula is C20H24N4O3. The van der Waals surface area contributed by atoms with Crippen LogP contribution in [0.2, 0.25) is 0 Å². The number of hydrogen-bond acceptors (Lipinski definition) is 6. The number of anilines is 1. The van der Waals surface area contributed by atoms with Gasteiger partial charge in [0, 0.05) is 24.2 Å². The van der Waals surface area contributed by atoms with E-state index in [0.29, 0.717) is 11.4 Å². The Kier molecular flexibility index (Phi) is 6.03. The third-order valence-electron chi connectivity index (χ3n) is 4.75. The van der Waals surface area contributed by atoms with Crippen molar-refractivity contribution in [2.75, 3.05) is 18.5 Å². The van der Waals surface area contributed by atoms with Crippen LogP contribution >= 0.6 is 0 Å².